The third kappa shape index (κ3) is 5.02. The van der Waals surface area contributed by atoms with Crippen molar-refractivity contribution in [2.24, 2.45) is 0 Å². The first-order valence-corrected chi connectivity index (χ1v) is 8.69. The number of carbonyl (C=O) groups excluding carboxylic acids is 3. The number of anilines is 1. The van der Waals surface area contributed by atoms with Crippen LogP contribution in [0.5, 0.6) is 0 Å². The van der Waals surface area contributed by atoms with Gasteiger partial charge in [-0.3, -0.25) is 14.4 Å². The number of Topliss-reactive ketones (excluding diaryl/α,β-unsaturated/α-hetero) is 1. The van der Waals surface area contributed by atoms with Crippen molar-refractivity contribution in [2.45, 2.75) is 33.1 Å². The van der Waals surface area contributed by atoms with Gasteiger partial charge in [-0.05, 0) is 36.6 Å². The second-order valence-electron chi connectivity index (χ2n) is 6.13. The van der Waals surface area contributed by atoms with Gasteiger partial charge in [-0.25, -0.2) is 0 Å². The Labute approximate surface area is 153 Å². The van der Waals surface area contributed by atoms with Gasteiger partial charge in [0, 0.05) is 36.7 Å². The maximum Gasteiger partial charge on any atom is 0.251 e. The second kappa shape index (κ2) is 8.94. The molecule has 2 aromatic rings. The maximum absolute atomic E-state index is 12.2. The van der Waals surface area contributed by atoms with E-state index in [1.54, 1.807) is 37.4 Å². The number of hydrogen-bond acceptors (Lipinski definition) is 3. The first-order chi connectivity index (χ1) is 12.4. The molecule has 0 aliphatic carbocycles. The molecule has 0 aliphatic heterocycles. The topological polar surface area (TPSA) is 75.3 Å². The SMILES string of the molecule is CCc1ccc(C(=O)CCC(=O)Nc2cc(C(=O)NC)ccc2C)cc1. The molecule has 0 atom stereocenters. The minimum atomic E-state index is -0.249. The monoisotopic (exact) mass is 352 g/mol. The highest BCUT2D eigenvalue weighted by Crippen LogP contribution is 2.18. The van der Waals surface area contributed by atoms with Crippen molar-refractivity contribution in [3.05, 3.63) is 64.7 Å². The van der Waals surface area contributed by atoms with Gasteiger partial charge in [0.25, 0.3) is 5.91 Å². The van der Waals surface area contributed by atoms with Gasteiger partial charge >= 0.3 is 0 Å². The Kier molecular flexibility index (Phi) is 6.67. The molecule has 0 fully saturated rings. The van der Waals surface area contributed by atoms with Crippen molar-refractivity contribution < 1.29 is 14.4 Å². The van der Waals surface area contributed by atoms with Crippen LogP contribution in [0.1, 0.15) is 51.6 Å². The van der Waals surface area contributed by atoms with Crippen LogP contribution in [0, 0.1) is 6.92 Å². The lowest BCUT2D eigenvalue weighted by atomic mass is 10.0. The summed E-state index contributed by atoms with van der Waals surface area (Å²) < 4.78 is 0. The van der Waals surface area contributed by atoms with Gasteiger partial charge < -0.3 is 10.6 Å². The quantitative estimate of drug-likeness (QED) is 0.749. The third-order valence-corrected chi connectivity index (χ3v) is 4.26. The Bertz CT molecular complexity index is 811. The van der Waals surface area contributed by atoms with Crippen molar-refractivity contribution in [1.29, 1.82) is 0 Å². The summed E-state index contributed by atoms with van der Waals surface area (Å²) in [5.41, 5.74) is 3.70. The highest BCUT2D eigenvalue weighted by atomic mass is 16.2. The Morgan fingerprint density at radius 2 is 1.58 bits per heavy atom. The molecule has 0 spiro atoms. The number of carbonyl (C=O) groups is 3. The molecule has 0 heterocycles. The van der Waals surface area contributed by atoms with Crippen molar-refractivity contribution in [3.8, 4) is 0 Å². The third-order valence-electron chi connectivity index (χ3n) is 4.26. The highest BCUT2D eigenvalue weighted by molar-refractivity contribution is 6.01. The van der Waals surface area contributed by atoms with Crippen LogP contribution in [-0.2, 0) is 11.2 Å². The zero-order valence-corrected chi connectivity index (χ0v) is 15.4. The van der Waals surface area contributed by atoms with Crippen molar-refractivity contribution >= 4 is 23.3 Å². The number of nitrogens with one attached hydrogen (secondary N) is 2. The van der Waals surface area contributed by atoms with Crippen LogP contribution in [-0.4, -0.2) is 24.6 Å². The first kappa shape index (κ1) is 19.4. The van der Waals surface area contributed by atoms with Crippen LogP contribution >= 0.6 is 0 Å². The molecule has 0 saturated heterocycles. The Morgan fingerprint density at radius 1 is 0.923 bits per heavy atom. The summed E-state index contributed by atoms with van der Waals surface area (Å²) in [4.78, 5) is 36.1. The molecule has 0 aliphatic rings. The average molecular weight is 352 g/mol. The fourth-order valence-electron chi connectivity index (χ4n) is 2.55. The Morgan fingerprint density at radius 3 is 2.19 bits per heavy atom. The molecule has 2 aromatic carbocycles. The van der Waals surface area contributed by atoms with Crippen LogP contribution in [0.4, 0.5) is 5.69 Å². The van der Waals surface area contributed by atoms with Crippen LogP contribution in [0.15, 0.2) is 42.5 Å². The fraction of sp³-hybridized carbons (Fsp3) is 0.286. The summed E-state index contributed by atoms with van der Waals surface area (Å²) in [6, 6.07) is 12.6. The summed E-state index contributed by atoms with van der Waals surface area (Å²) in [7, 11) is 1.55. The van der Waals surface area contributed by atoms with E-state index in [0.29, 0.717) is 16.8 Å². The van der Waals surface area contributed by atoms with E-state index in [9.17, 15) is 14.4 Å². The standard InChI is InChI=1S/C21H24N2O3/c1-4-15-6-9-16(10-7-15)19(24)11-12-20(25)23-18-13-17(21(26)22-3)8-5-14(18)2/h5-10,13H,4,11-12H2,1-3H3,(H,22,26)(H,23,25). The van der Waals surface area contributed by atoms with Crippen LogP contribution < -0.4 is 10.6 Å². The van der Waals surface area contributed by atoms with Gasteiger partial charge in [0.15, 0.2) is 5.78 Å². The largest absolute Gasteiger partial charge is 0.355 e. The van der Waals surface area contributed by atoms with E-state index < -0.39 is 0 Å². The maximum atomic E-state index is 12.2. The molecule has 5 heteroatoms. The van der Waals surface area contributed by atoms with E-state index >= 15 is 0 Å². The Balaban J connectivity index is 1.96. The summed E-state index contributed by atoms with van der Waals surface area (Å²) in [5, 5.41) is 5.33. The Hall–Kier alpha value is -2.95. The molecule has 0 bridgehead atoms. The first-order valence-electron chi connectivity index (χ1n) is 8.69. The van der Waals surface area contributed by atoms with E-state index in [0.717, 1.165) is 12.0 Å². The molecular weight excluding hydrogens is 328 g/mol. The van der Waals surface area contributed by atoms with Gasteiger partial charge in [0.05, 0.1) is 0 Å². The summed E-state index contributed by atoms with van der Waals surface area (Å²) >= 11 is 0. The zero-order chi connectivity index (χ0) is 19.1. The van der Waals surface area contributed by atoms with E-state index in [1.165, 1.54) is 5.56 Å². The van der Waals surface area contributed by atoms with Gasteiger partial charge in [0.1, 0.15) is 0 Å². The van der Waals surface area contributed by atoms with E-state index in [2.05, 4.69) is 17.6 Å². The fourth-order valence-corrected chi connectivity index (χ4v) is 2.55. The van der Waals surface area contributed by atoms with Crippen molar-refractivity contribution in [1.82, 2.24) is 5.32 Å². The summed E-state index contributed by atoms with van der Waals surface area (Å²) in [6.07, 6.45) is 1.16. The molecule has 5 nitrogen and oxygen atoms in total. The second-order valence-corrected chi connectivity index (χ2v) is 6.13. The molecule has 136 valence electrons. The molecular formula is C21H24N2O3. The molecule has 2 rings (SSSR count). The van der Waals surface area contributed by atoms with Crippen molar-refractivity contribution in [2.75, 3.05) is 12.4 Å². The van der Waals surface area contributed by atoms with E-state index in [-0.39, 0.29) is 30.4 Å². The lowest BCUT2D eigenvalue weighted by molar-refractivity contribution is -0.116. The minimum Gasteiger partial charge on any atom is -0.355 e. The number of ketones is 1. The predicted octanol–water partition coefficient (Wildman–Crippen LogP) is 3.52. The van der Waals surface area contributed by atoms with Gasteiger partial charge in [-0.15, -0.1) is 0 Å². The van der Waals surface area contributed by atoms with Crippen LogP contribution in [0.25, 0.3) is 0 Å². The number of hydrogen-bond donors (Lipinski definition) is 2. The molecule has 0 unspecified atom stereocenters. The minimum absolute atomic E-state index is 0.0568. The molecule has 0 saturated carbocycles. The van der Waals surface area contributed by atoms with E-state index in [4.69, 9.17) is 0 Å². The highest BCUT2D eigenvalue weighted by Gasteiger charge is 2.12. The molecule has 0 radical (unpaired) electrons. The average Bonchev–Trinajstić information content (AvgIpc) is 2.67. The van der Waals surface area contributed by atoms with E-state index in [1.807, 2.05) is 19.1 Å². The molecule has 26 heavy (non-hydrogen) atoms. The van der Waals surface area contributed by atoms with Crippen LogP contribution in [0.3, 0.4) is 0 Å². The van der Waals surface area contributed by atoms with Crippen LogP contribution in [0.2, 0.25) is 0 Å². The number of amides is 2. The molecule has 0 aromatic heterocycles. The normalized spacial score (nSPS) is 10.3. The zero-order valence-electron chi connectivity index (χ0n) is 15.4. The lowest BCUT2D eigenvalue weighted by Crippen LogP contribution is -2.19. The summed E-state index contributed by atoms with van der Waals surface area (Å²) in [6.45, 7) is 3.91. The molecule has 2 N–H and O–H groups in total. The molecule has 2 amide bonds. The predicted molar refractivity (Wildman–Crippen MR) is 103 cm³/mol. The van der Waals surface area contributed by atoms with Gasteiger partial charge in [-0.2, -0.15) is 0 Å². The van der Waals surface area contributed by atoms with Gasteiger partial charge in [-0.1, -0.05) is 37.3 Å². The summed E-state index contributed by atoms with van der Waals surface area (Å²) in [5.74, 6) is -0.523. The lowest BCUT2D eigenvalue weighted by Gasteiger charge is -2.10. The van der Waals surface area contributed by atoms with Crippen molar-refractivity contribution in [3.63, 3.8) is 0 Å². The number of aryl methyl sites for hydroxylation is 2. The number of benzene rings is 2. The smallest absolute Gasteiger partial charge is 0.251 e. The number of rotatable bonds is 7. The van der Waals surface area contributed by atoms with Gasteiger partial charge in [0.2, 0.25) is 5.91 Å².